The summed E-state index contributed by atoms with van der Waals surface area (Å²) in [5.41, 5.74) is 1.08. The minimum atomic E-state index is 0.886. The van der Waals surface area contributed by atoms with Crippen molar-refractivity contribution in [3.63, 3.8) is 0 Å². The Morgan fingerprint density at radius 2 is 2.33 bits per heavy atom. The molecule has 1 rings (SSSR count). The van der Waals surface area contributed by atoms with E-state index in [2.05, 4.69) is 12.7 Å². The molecule has 2 radical (unpaired) electrons. The monoisotopic (exact) mass is 180 g/mol. The van der Waals surface area contributed by atoms with E-state index < -0.39 is 0 Å². The first-order valence-electron chi connectivity index (χ1n) is 3.88. The van der Waals surface area contributed by atoms with Gasteiger partial charge in [-0.15, -0.1) is 11.8 Å². The molecule has 0 aliphatic rings. The molecular formula is C10H12OS. The quantitative estimate of drug-likeness (QED) is 0.704. The lowest BCUT2D eigenvalue weighted by molar-refractivity contribution is 0.414. The van der Waals surface area contributed by atoms with Gasteiger partial charge < -0.3 is 4.74 Å². The van der Waals surface area contributed by atoms with Crippen molar-refractivity contribution < 1.29 is 4.74 Å². The molecule has 0 heterocycles. The molecule has 0 atom stereocenters. The summed E-state index contributed by atoms with van der Waals surface area (Å²) in [7, 11) is 1.67. The molecule has 0 amide bonds. The molecule has 0 aliphatic carbocycles. The van der Waals surface area contributed by atoms with Crippen molar-refractivity contribution in [1.82, 2.24) is 0 Å². The van der Waals surface area contributed by atoms with Crippen molar-refractivity contribution in [1.29, 1.82) is 0 Å². The van der Waals surface area contributed by atoms with Crippen LogP contribution in [0.2, 0.25) is 0 Å². The molecule has 64 valence electrons. The van der Waals surface area contributed by atoms with Gasteiger partial charge in [0.05, 0.1) is 12.9 Å². The molecule has 1 aromatic carbocycles. The highest BCUT2D eigenvalue weighted by atomic mass is 32.2. The van der Waals surface area contributed by atoms with Gasteiger partial charge in [0.15, 0.2) is 0 Å². The maximum Gasteiger partial charge on any atom is 0.119 e. The average Bonchev–Trinajstić information content (AvgIpc) is 2.15. The van der Waals surface area contributed by atoms with Crippen LogP contribution in [0.25, 0.3) is 0 Å². The Hall–Kier alpha value is -0.630. The Balaban J connectivity index is 2.60. The Bertz CT molecular complexity index is 235. The molecule has 0 spiro atoms. The molecule has 0 N–H and O–H groups in total. The molecule has 2 heteroatoms. The maximum absolute atomic E-state index is 5.09. The lowest BCUT2D eigenvalue weighted by atomic mass is 10.2. The maximum atomic E-state index is 5.09. The summed E-state index contributed by atoms with van der Waals surface area (Å²) in [4.78, 5) is 0. The van der Waals surface area contributed by atoms with Crippen LogP contribution in [0.1, 0.15) is 12.5 Å². The highest BCUT2D eigenvalue weighted by Crippen LogP contribution is 2.18. The van der Waals surface area contributed by atoms with E-state index in [0.29, 0.717) is 0 Å². The fourth-order valence-electron chi connectivity index (χ4n) is 0.842. The van der Waals surface area contributed by atoms with E-state index in [1.807, 2.05) is 24.3 Å². The lowest BCUT2D eigenvalue weighted by Gasteiger charge is -2.01. The van der Waals surface area contributed by atoms with Gasteiger partial charge in [0.2, 0.25) is 0 Å². The first-order valence-corrected chi connectivity index (χ1v) is 4.87. The first-order chi connectivity index (χ1) is 5.86. The fourth-order valence-corrected chi connectivity index (χ4v) is 1.28. The lowest BCUT2D eigenvalue weighted by Crippen LogP contribution is -1.84. The third-order valence-corrected chi connectivity index (χ3v) is 2.07. The molecule has 1 nitrogen and oxygen atoms in total. The van der Waals surface area contributed by atoms with Crippen LogP contribution in [0, 0.1) is 5.75 Å². The SMILES string of the molecule is CCS[C]c1cccc(OC)c1. The van der Waals surface area contributed by atoms with Gasteiger partial charge in [-0.3, -0.25) is 0 Å². The van der Waals surface area contributed by atoms with Crippen molar-refractivity contribution in [2.24, 2.45) is 0 Å². The second-order valence-electron chi connectivity index (χ2n) is 2.27. The topological polar surface area (TPSA) is 9.23 Å². The Kier molecular flexibility index (Phi) is 4.01. The van der Waals surface area contributed by atoms with Gasteiger partial charge in [-0.2, -0.15) is 0 Å². The van der Waals surface area contributed by atoms with Crippen molar-refractivity contribution in [3.8, 4) is 5.75 Å². The minimum absolute atomic E-state index is 0.886. The van der Waals surface area contributed by atoms with Crippen molar-refractivity contribution in [2.45, 2.75) is 6.92 Å². The molecule has 0 bridgehead atoms. The summed E-state index contributed by atoms with van der Waals surface area (Å²) in [6, 6.07) is 7.90. The van der Waals surface area contributed by atoms with Crippen LogP contribution >= 0.6 is 11.8 Å². The largest absolute Gasteiger partial charge is 0.497 e. The molecule has 0 aromatic heterocycles. The van der Waals surface area contributed by atoms with Crippen LogP contribution < -0.4 is 4.74 Å². The zero-order valence-electron chi connectivity index (χ0n) is 7.33. The zero-order valence-corrected chi connectivity index (χ0v) is 8.15. The highest BCUT2D eigenvalue weighted by molar-refractivity contribution is 8.01. The highest BCUT2D eigenvalue weighted by Gasteiger charge is 1.95. The summed E-state index contributed by atoms with van der Waals surface area (Å²) < 4.78 is 5.09. The summed E-state index contributed by atoms with van der Waals surface area (Å²) in [5.74, 6) is 5.14. The third kappa shape index (κ3) is 2.78. The van der Waals surface area contributed by atoms with E-state index >= 15 is 0 Å². The number of methoxy groups -OCH3 is 1. The average molecular weight is 180 g/mol. The summed E-state index contributed by atoms with van der Waals surface area (Å²) in [6.45, 7) is 2.11. The van der Waals surface area contributed by atoms with Crippen LogP contribution in [0.15, 0.2) is 24.3 Å². The van der Waals surface area contributed by atoms with E-state index in [9.17, 15) is 0 Å². The number of ether oxygens (including phenoxy) is 1. The predicted molar refractivity (Wildman–Crippen MR) is 53.5 cm³/mol. The van der Waals surface area contributed by atoms with Crippen LogP contribution in [0.3, 0.4) is 0 Å². The van der Waals surface area contributed by atoms with E-state index in [-0.39, 0.29) is 0 Å². The Morgan fingerprint density at radius 3 is 3.00 bits per heavy atom. The van der Waals surface area contributed by atoms with Gasteiger partial charge >= 0.3 is 0 Å². The molecular weight excluding hydrogens is 168 g/mol. The van der Waals surface area contributed by atoms with Crippen LogP contribution in [0.4, 0.5) is 0 Å². The number of rotatable bonds is 4. The van der Waals surface area contributed by atoms with Crippen LogP contribution in [-0.2, 0) is 0 Å². The molecule has 0 fully saturated rings. The summed E-state index contributed by atoms with van der Waals surface area (Å²) in [5, 5.41) is 0. The molecule has 12 heavy (non-hydrogen) atoms. The minimum Gasteiger partial charge on any atom is -0.497 e. The molecule has 0 saturated heterocycles. The summed E-state index contributed by atoms with van der Waals surface area (Å²) >= 11 is 1.67. The van der Waals surface area contributed by atoms with Crippen LogP contribution in [-0.4, -0.2) is 12.9 Å². The standard InChI is InChI=1S/C10H12OS/c1-3-12-8-9-5-4-6-10(7-9)11-2/h4-7H,3H2,1-2H3. The first kappa shape index (κ1) is 9.46. The second-order valence-corrected chi connectivity index (χ2v) is 3.34. The smallest absolute Gasteiger partial charge is 0.119 e. The van der Waals surface area contributed by atoms with Gasteiger partial charge in [-0.25, -0.2) is 0 Å². The van der Waals surface area contributed by atoms with Crippen molar-refractivity contribution in [2.75, 3.05) is 12.9 Å². The Labute approximate surface area is 78.1 Å². The molecule has 0 aliphatic heterocycles. The molecule has 1 aromatic rings. The number of benzene rings is 1. The number of hydrogen-bond donors (Lipinski definition) is 0. The van der Waals surface area contributed by atoms with Crippen molar-refractivity contribution in [3.05, 3.63) is 35.6 Å². The normalized spacial score (nSPS) is 9.83. The number of hydrogen-bond acceptors (Lipinski definition) is 2. The Morgan fingerprint density at radius 1 is 1.50 bits per heavy atom. The van der Waals surface area contributed by atoms with Crippen LogP contribution in [0.5, 0.6) is 5.75 Å². The van der Waals surface area contributed by atoms with E-state index in [1.54, 1.807) is 18.9 Å². The van der Waals surface area contributed by atoms with E-state index in [4.69, 9.17) is 4.74 Å². The molecule has 0 unspecified atom stereocenters. The van der Waals surface area contributed by atoms with Gasteiger partial charge in [-0.05, 0) is 23.4 Å². The van der Waals surface area contributed by atoms with E-state index in [1.165, 1.54) is 0 Å². The van der Waals surface area contributed by atoms with Gasteiger partial charge in [0, 0.05) is 0 Å². The third-order valence-electron chi connectivity index (χ3n) is 1.40. The fraction of sp³-hybridized carbons (Fsp3) is 0.300. The predicted octanol–water partition coefficient (Wildman–Crippen LogP) is 2.84. The number of thioether (sulfide) groups is 1. The summed E-state index contributed by atoms with van der Waals surface area (Å²) in [6.07, 6.45) is 0. The van der Waals surface area contributed by atoms with E-state index in [0.717, 1.165) is 17.1 Å². The zero-order chi connectivity index (χ0) is 8.81. The second kappa shape index (κ2) is 5.09. The van der Waals surface area contributed by atoms with Gasteiger partial charge in [0.25, 0.3) is 0 Å². The van der Waals surface area contributed by atoms with Gasteiger partial charge in [0.1, 0.15) is 5.75 Å². The van der Waals surface area contributed by atoms with Gasteiger partial charge in [-0.1, -0.05) is 19.1 Å². The van der Waals surface area contributed by atoms with Crippen molar-refractivity contribution >= 4 is 11.8 Å². The molecule has 0 saturated carbocycles.